The molecular formula is C16H14BrN3O3. The van der Waals surface area contributed by atoms with Crippen molar-refractivity contribution in [1.82, 2.24) is 9.97 Å². The Morgan fingerprint density at radius 2 is 2.09 bits per heavy atom. The summed E-state index contributed by atoms with van der Waals surface area (Å²) in [6.07, 6.45) is 0. The summed E-state index contributed by atoms with van der Waals surface area (Å²) in [5, 5.41) is 10.3. The number of anilines is 1. The summed E-state index contributed by atoms with van der Waals surface area (Å²) in [5.74, 6) is -0.974. The Morgan fingerprint density at radius 3 is 2.83 bits per heavy atom. The van der Waals surface area contributed by atoms with Crippen LogP contribution in [-0.2, 0) is 4.74 Å². The standard InChI is InChI=1S/C16H14BrN3O3/c17-13-8-11(16(21)22)15-14(19-13)10-2-1-9(7-12(10)18-15)20-3-5-23-6-4-20/h1-2,7-8,18H,3-6H2,(H,21,22). The number of carboxylic acids is 1. The summed E-state index contributed by atoms with van der Waals surface area (Å²) in [4.78, 5) is 21.4. The number of ether oxygens (including phenoxy) is 1. The second kappa shape index (κ2) is 5.50. The van der Waals surface area contributed by atoms with E-state index in [1.165, 1.54) is 6.07 Å². The zero-order valence-corrected chi connectivity index (χ0v) is 13.8. The SMILES string of the molecule is O=C(O)c1cc(Br)nc2c1[nH]c1cc(N3CCOCC3)ccc12. The van der Waals surface area contributed by atoms with Gasteiger partial charge in [0.1, 0.15) is 4.60 Å². The third kappa shape index (κ3) is 2.46. The van der Waals surface area contributed by atoms with E-state index in [9.17, 15) is 9.90 Å². The summed E-state index contributed by atoms with van der Waals surface area (Å²) in [7, 11) is 0. The van der Waals surface area contributed by atoms with E-state index in [1.807, 2.05) is 18.2 Å². The van der Waals surface area contributed by atoms with Gasteiger partial charge in [0.2, 0.25) is 0 Å². The minimum Gasteiger partial charge on any atom is -0.478 e. The molecule has 2 aromatic heterocycles. The van der Waals surface area contributed by atoms with E-state index in [2.05, 4.69) is 30.8 Å². The Bertz CT molecular complexity index is 916. The molecule has 1 aliphatic heterocycles. The predicted molar refractivity (Wildman–Crippen MR) is 91.3 cm³/mol. The molecule has 4 rings (SSSR count). The Kier molecular flexibility index (Phi) is 3.46. The third-order valence-corrected chi connectivity index (χ3v) is 4.52. The number of morpholine rings is 1. The van der Waals surface area contributed by atoms with E-state index < -0.39 is 5.97 Å². The van der Waals surface area contributed by atoms with Crippen LogP contribution in [0.1, 0.15) is 10.4 Å². The number of carbonyl (C=O) groups is 1. The van der Waals surface area contributed by atoms with Crippen molar-refractivity contribution in [3.05, 3.63) is 34.4 Å². The summed E-state index contributed by atoms with van der Waals surface area (Å²) in [5.41, 5.74) is 3.42. The van der Waals surface area contributed by atoms with E-state index in [4.69, 9.17) is 4.74 Å². The van der Waals surface area contributed by atoms with Gasteiger partial charge in [0.05, 0.1) is 35.3 Å². The normalized spacial score (nSPS) is 15.4. The van der Waals surface area contributed by atoms with Crippen LogP contribution in [0.15, 0.2) is 28.9 Å². The quantitative estimate of drug-likeness (QED) is 0.673. The smallest absolute Gasteiger partial charge is 0.337 e. The fraction of sp³-hybridized carbons (Fsp3) is 0.250. The molecule has 0 radical (unpaired) electrons. The summed E-state index contributed by atoms with van der Waals surface area (Å²) >= 11 is 3.29. The molecule has 23 heavy (non-hydrogen) atoms. The molecule has 0 aliphatic carbocycles. The highest BCUT2D eigenvalue weighted by molar-refractivity contribution is 9.10. The minimum atomic E-state index is -0.974. The van der Waals surface area contributed by atoms with Crippen molar-refractivity contribution in [2.75, 3.05) is 31.2 Å². The lowest BCUT2D eigenvalue weighted by molar-refractivity contribution is 0.0698. The number of pyridine rings is 1. The second-order valence-corrected chi connectivity index (χ2v) is 6.29. The molecule has 6 nitrogen and oxygen atoms in total. The molecule has 118 valence electrons. The number of halogens is 1. The number of rotatable bonds is 2. The van der Waals surface area contributed by atoms with E-state index in [1.54, 1.807) is 0 Å². The van der Waals surface area contributed by atoms with Crippen molar-refractivity contribution in [3.8, 4) is 0 Å². The number of H-pyrrole nitrogens is 1. The fourth-order valence-corrected chi connectivity index (χ4v) is 3.41. The Hall–Kier alpha value is -2.12. The number of hydrogen-bond acceptors (Lipinski definition) is 4. The van der Waals surface area contributed by atoms with Crippen molar-refractivity contribution in [2.45, 2.75) is 0 Å². The number of aromatic amines is 1. The first-order valence-corrected chi connectivity index (χ1v) is 8.11. The molecule has 1 aliphatic rings. The number of aromatic carboxylic acids is 1. The number of hydrogen-bond donors (Lipinski definition) is 2. The van der Waals surface area contributed by atoms with Gasteiger partial charge in [-0.25, -0.2) is 9.78 Å². The van der Waals surface area contributed by atoms with Gasteiger partial charge in [-0.15, -0.1) is 0 Å². The van der Waals surface area contributed by atoms with Crippen LogP contribution in [0.25, 0.3) is 21.9 Å². The average molecular weight is 376 g/mol. The largest absolute Gasteiger partial charge is 0.478 e. The summed E-state index contributed by atoms with van der Waals surface area (Å²) in [6.45, 7) is 3.16. The molecule has 2 N–H and O–H groups in total. The van der Waals surface area contributed by atoms with Crippen LogP contribution in [0, 0.1) is 0 Å². The van der Waals surface area contributed by atoms with Gasteiger partial charge in [0.25, 0.3) is 0 Å². The lowest BCUT2D eigenvalue weighted by Gasteiger charge is -2.28. The molecule has 1 saturated heterocycles. The van der Waals surface area contributed by atoms with Crippen LogP contribution >= 0.6 is 15.9 Å². The minimum absolute atomic E-state index is 0.214. The lowest BCUT2D eigenvalue weighted by atomic mass is 10.1. The zero-order valence-electron chi connectivity index (χ0n) is 12.2. The van der Waals surface area contributed by atoms with Crippen molar-refractivity contribution in [2.24, 2.45) is 0 Å². The van der Waals surface area contributed by atoms with Gasteiger partial charge < -0.3 is 19.7 Å². The van der Waals surface area contributed by atoms with Gasteiger partial charge in [-0.2, -0.15) is 0 Å². The zero-order chi connectivity index (χ0) is 16.0. The van der Waals surface area contributed by atoms with Gasteiger partial charge in [0.15, 0.2) is 0 Å². The van der Waals surface area contributed by atoms with Gasteiger partial charge in [0, 0.05) is 24.2 Å². The average Bonchev–Trinajstić information content (AvgIpc) is 2.92. The molecule has 3 aromatic rings. The van der Waals surface area contributed by atoms with Gasteiger partial charge in [-0.1, -0.05) is 0 Å². The molecule has 0 spiro atoms. The molecular weight excluding hydrogens is 362 g/mol. The van der Waals surface area contributed by atoms with Crippen molar-refractivity contribution in [1.29, 1.82) is 0 Å². The molecule has 7 heteroatoms. The maximum Gasteiger partial charge on any atom is 0.337 e. The molecule has 1 aromatic carbocycles. The van der Waals surface area contributed by atoms with Crippen molar-refractivity contribution >= 4 is 49.5 Å². The highest BCUT2D eigenvalue weighted by Crippen LogP contribution is 2.31. The predicted octanol–water partition coefficient (Wildman–Crippen LogP) is 3.01. The first kappa shape index (κ1) is 14.5. The molecule has 1 fully saturated rings. The van der Waals surface area contributed by atoms with E-state index >= 15 is 0 Å². The third-order valence-electron chi connectivity index (χ3n) is 4.11. The number of nitrogens with one attached hydrogen (secondary N) is 1. The van der Waals surface area contributed by atoms with Crippen LogP contribution in [-0.4, -0.2) is 47.3 Å². The molecule has 0 saturated carbocycles. The van der Waals surface area contributed by atoms with Gasteiger partial charge in [-0.3, -0.25) is 0 Å². The maximum atomic E-state index is 11.5. The highest BCUT2D eigenvalue weighted by Gasteiger charge is 2.17. The van der Waals surface area contributed by atoms with E-state index in [-0.39, 0.29) is 5.56 Å². The van der Waals surface area contributed by atoms with Crippen molar-refractivity contribution < 1.29 is 14.6 Å². The lowest BCUT2D eigenvalue weighted by Crippen LogP contribution is -2.36. The Labute approximate surface area is 140 Å². The molecule has 0 bridgehead atoms. The van der Waals surface area contributed by atoms with Crippen LogP contribution in [0.2, 0.25) is 0 Å². The van der Waals surface area contributed by atoms with Crippen molar-refractivity contribution in [3.63, 3.8) is 0 Å². The number of aromatic nitrogens is 2. The first-order chi connectivity index (χ1) is 11.1. The number of fused-ring (bicyclic) bond motifs is 3. The van der Waals surface area contributed by atoms with Gasteiger partial charge >= 0.3 is 5.97 Å². The second-order valence-electron chi connectivity index (χ2n) is 5.48. The van der Waals surface area contributed by atoms with E-state index in [0.717, 1.165) is 42.9 Å². The monoisotopic (exact) mass is 375 g/mol. The molecule has 0 amide bonds. The molecule has 0 atom stereocenters. The topological polar surface area (TPSA) is 78.4 Å². The number of carboxylic acid groups (broad SMARTS) is 1. The highest BCUT2D eigenvalue weighted by atomic mass is 79.9. The number of nitrogens with zero attached hydrogens (tertiary/aromatic N) is 2. The first-order valence-electron chi connectivity index (χ1n) is 7.31. The van der Waals surface area contributed by atoms with Crippen LogP contribution in [0.3, 0.4) is 0 Å². The number of benzene rings is 1. The van der Waals surface area contributed by atoms with Crippen LogP contribution < -0.4 is 4.90 Å². The summed E-state index contributed by atoms with van der Waals surface area (Å²) < 4.78 is 5.90. The van der Waals surface area contributed by atoms with Gasteiger partial charge in [-0.05, 0) is 40.2 Å². The van der Waals surface area contributed by atoms with E-state index in [0.29, 0.717) is 15.6 Å². The maximum absolute atomic E-state index is 11.5. The van der Waals surface area contributed by atoms with Crippen LogP contribution in [0.4, 0.5) is 5.69 Å². The van der Waals surface area contributed by atoms with Crippen LogP contribution in [0.5, 0.6) is 0 Å². The summed E-state index contributed by atoms with van der Waals surface area (Å²) in [6, 6.07) is 7.60. The fourth-order valence-electron chi connectivity index (χ4n) is 3.00. The Morgan fingerprint density at radius 1 is 1.30 bits per heavy atom. The molecule has 0 unspecified atom stereocenters. The molecule has 3 heterocycles. The Balaban J connectivity index is 1.90.